The average molecular weight is 332 g/mol. The highest BCUT2D eigenvalue weighted by Gasteiger charge is 2.27. The van der Waals surface area contributed by atoms with Crippen LogP contribution in [0.2, 0.25) is 0 Å². The van der Waals surface area contributed by atoms with Crippen molar-refractivity contribution in [3.05, 3.63) is 29.8 Å². The van der Waals surface area contributed by atoms with Crippen LogP contribution in [0.1, 0.15) is 32.3 Å². The summed E-state index contributed by atoms with van der Waals surface area (Å²) < 4.78 is 5.13. The number of nitrogens with zero attached hydrogens (tertiary/aromatic N) is 1. The van der Waals surface area contributed by atoms with Gasteiger partial charge in [0.2, 0.25) is 11.8 Å². The van der Waals surface area contributed by atoms with Crippen LogP contribution in [0.5, 0.6) is 5.75 Å². The van der Waals surface area contributed by atoms with E-state index in [0.29, 0.717) is 19.6 Å². The lowest BCUT2D eigenvalue weighted by atomic mass is 9.95. The number of nitrogens with one attached hydrogen (secondary N) is 1. The molecule has 0 bridgehead atoms. The largest absolute Gasteiger partial charge is 0.497 e. The molecule has 0 aliphatic carbocycles. The monoisotopic (exact) mass is 332 g/mol. The second-order valence-electron chi connectivity index (χ2n) is 6.64. The normalized spacial score (nSPS) is 15.4. The zero-order valence-corrected chi connectivity index (χ0v) is 14.9. The van der Waals surface area contributed by atoms with E-state index in [1.807, 2.05) is 43.0 Å². The number of amides is 2. The van der Waals surface area contributed by atoms with Crippen molar-refractivity contribution < 1.29 is 14.3 Å². The number of carbonyl (C=O) groups excluding carboxylic acids is 2. The Morgan fingerprint density at radius 2 is 1.83 bits per heavy atom. The molecule has 5 nitrogen and oxygen atoms in total. The van der Waals surface area contributed by atoms with Gasteiger partial charge >= 0.3 is 0 Å². The molecule has 0 saturated carbocycles. The minimum Gasteiger partial charge on any atom is -0.497 e. The van der Waals surface area contributed by atoms with E-state index in [0.717, 1.165) is 25.0 Å². The second kappa shape index (κ2) is 8.71. The highest BCUT2D eigenvalue weighted by Crippen LogP contribution is 2.19. The molecule has 1 aliphatic rings. The van der Waals surface area contributed by atoms with Crippen molar-refractivity contribution in [2.24, 2.45) is 11.8 Å². The van der Waals surface area contributed by atoms with Crippen LogP contribution in [0, 0.1) is 11.8 Å². The summed E-state index contributed by atoms with van der Waals surface area (Å²) >= 11 is 0. The van der Waals surface area contributed by atoms with Gasteiger partial charge in [0.25, 0.3) is 0 Å². The molecule has 2 rings (SSSR count). The molecule has 0 unspecified atom stereocenters. The van der Waals surface area contributed by atoms with E-state index in [1.54, 1.807) is 7.11 Å². The standard InChI is InChI=1S/C19H28N2O3/c1-14(2)19(23)21-12-9-16(10-13-21)18(22)20-11-8-15-4-6-17(24-3)7-5-15/h4-7,14,16H,8-13H2,1-3H3,(H,20,22). The number of methoxy groups -OCH3 is 1. The smallest absolute Gasteiger partial charge is 0.225 e. The van der Waals surface area contributed by atoms with Gasteiger partial charge in [-0.25, -0.2) is 0 Å². The fraction of sp³-hybridized carbons (Fsp3) is 0.579. The van der Waals surface area contributed by atoms with Crippen LogP contribution in [0.3, 0.4) is 0 Å². The van der Waals surface area contributed by atoms with Crippen molar-refractivity contribution in [1.29, 1.82) is 0 Å². The molecule has 1 heterocycles. The van der Waals surface area contributed by atoms with Gasteiger partial charge < -0.3 is 15.0 Å². The third kappa shape index (κ3) is 4.98. The Morgan fingerprint density at radius 3 is 2.38 bits per heavy atom. The topological polar surface area (TPSA) is 58.6 Å². The van der Waals surface area contributed by atoms with E-state index in [-0.39, 0.29) is 23.7 Å². The predicted octanol–water partition coefficient (Wildman–Crippen LogP) is 2.25. The fourth-order valence-electron chi connectivity index (χ4n) is 2.99. The maximum Gasteiger partial charge on any atom is 0.225 e. The van der Waals surface area contributed by atoms with E-state index in [4.69, 9.17) is 4.74 Å². The van der Waals surface area contributed by atoms with Crippen LogP contribution in [0.15, 0.2) is 24.3 Å². The maximum atomic E-state index is 12.3. The van der Waals surface area contributed by atoms with E-state index in [9.17, 15) is 9.59 Å². The van der Waals surface area contributed by atoms with Crippen molar-refractivity contribution in [3.8, 4) is 5.75 Å². The van der Waals surface area contributed by atoms with Crippen LogP contribution in [0.4, 0.5) is 0 Å². The average Bonchev–Trinajstić information content (AvgIpc) is 2.61. The summed E-state index contributed by atoms with van der Waals surface area (Å²) in [5.74, 6) is 1.19. The van der Waals surface area contributed by atoms with E-state index < -0.39 is 0 Å². The molecular weight excluding hydrogens is 304 g/mol. The Balaban J connectivity index is 1.70. The predicted molar refractivity (Wildman–Crippen MR) is 93.8 cm³/mol. The van der Waals surface area contributed by atoms with Crippen LogP contribution in [-0.4, -0.2) is 43.5 Å². The minimum atomic E-state index is 0.0251. The molecule has 1 fully saturated rings. The maximum absolute atomic E-state index is 12.3. The summed E-state index contributed by atoms with van der Waals surface area (Å²) in [5.41, 5.74) is 1.17. The number of rotatable bonds is 6. The van der Waals surface area contributed by atoms with Crippen LogP contribution >= 0.6 is 0 Å². The zero-order chi connectivity index (χ0) is 17.5. The Kier molecular flexibility index (Phi) is 6.64. The summed E-state index contributed by atoms with van der Waals surface area (Å²) in [5, 5.41) is 3.02. The van der Waals surface area contributed by atoms with Gasteiger partial charge in [-0.1, -0.05) is 26.0 Å². The summed E-state index contributed by atoms with van der Waals surface area (Å²) in [4.78, 5) is 26.1. The van der Waals surface area contributed by atoms with E-state index >= 15 is 0 Å². The Bertz CT molecular complexity index is 546. The van der Waals surface area contributed by atoms with Gasteiger partial charge in [-0.3, -0.25) is 9.59 Å². The number of hydrogen-bond acceptors (Lipinski definition) is 3. The van der Waals surface area contributed by atoms with Gasteiger partial charge in [-0.05, 0) is 37.0 Å². The Hall–Kier alpha value is -2.04. The molecule has 1 saturated heterocycles. The molecule has 2 amide bonds. The number of hydrogen-bond donors (Lipinski definition) is 1. The van der Waals surface area contributed by atoms with Gasteiger partial charge in [0.1, 0.15) is 5.75 Å². The molecule has 1 aromatic carbocycles. The van der Waals surface area contributed by atoms with Crippen molar-refractivity contribution >= 4 is 11.8 Å². The molecule has 0 aromatic heterocycles. The summed E-state index contributed by atoms with van der Waals surface area (Å²) in [6.45, 7) is 5.85. The number of ether oxygens (including phenoxy) is 1. The number of piperidine rings is 1. The minimum absolute atomic E-state index is 0.0251. The van der Waals surface area contributed by atoms with Crippen molar-refractivity contribution in [2.75, 3.05) is 26.7 Å². The molecule has 24 heavy (non-hydrogen) atoms. The van der Waals surface area contributed by atoms with Crippen molar-refractivity contribution in [3.63, 3.8) is 0 Å². The summed E-state index contributed by atoms with van der Waals surface area (Å²) in [7, 11) is 1.65. The van der Waals surface area contributed by atoms with Gasteiger partial charge in [0.15, 0.2) is 0 Å². The first-order valence-corrected chi connectivity index (χ1v) is 8.70. The number of likely N-dealkylation sites (tertiary alicyclic amines) is 1. The summed E-state index contributed by atoms with van der Waals surface area (Å²) in [6, 6.07) is 7.89. The molecule has 1 aromatic rings. The fourth-order valence-corrected chi connectivity index (χ4v) is 2.99. The molecule has 0 atom stereocenters. The summed E-state index contributed by atoms with van der Waals surface area (Å²) in [6.07, 6.45) is 2.32. The van der Waals surface area contributed by atoms with E-state index in [1.165, 1.54) is 5.56 Å². The van der Waals surface area contributed by atoms with Gasteiger partial charge in [-0.15, -0.1) is 0 Å². The Labute approximate surface area is 144 Å². The molecule has 0 spiro atoms. The first kappa shape index (κ1) is 18.3. The highest BCUT2D eigenvalue weighted by molar-refractivity contribution is 5.80. The van der Waals surface area contributed by atoms with Gasteiger partial charge in [0.05, 0.1) is 7.11 Å². The highest BCUT2D eigenvalue weighted by atomic mass is 16.5. The molecular formula is C19H28N2O3. The lowest BCUT2D eigenvalue weighted by molar-refractivity contribution is -0.138. The zero-order valence-electron chi connectivity index (χ0n) is 14.9. The van der Waals surface area contributed by atoms with Gasteiger partial charge in [0, 0.05) is 31.5 Å². The van der Waals surface area contributed by atoms with Crippen LogP contribution in [-0.2, 0) is 16.0 Å². The molecule has 132 valence electrons. The first-order chi connectivity index (χ1) is 11.5. The third-order valence-corrected chi connectivity index (χ3v) is 4.54. The van der Waals surface area contributed by atoms with Crippen LogP contribution in [0.25, 0.3) is 0 Å². The first-order valence-electron chi connectivity index (χ1n) is 8.70. The van der Waals surface area contributed by atoms with Crippen molar-refractivity contribution in [1.82, 2.24) is 10.2 Å². The molecule has 0 radical (unpaired) electrons. The Morgan fingerprint density at radius 1 is 1.21 bits per heavy atom. The molecule has 5 heteroatoms. The second-order valence-corrected chi connectivity index (χ2v) is 6.64. The molecule has 1 aliphatic heterocycles. The lowest BCUT2D eigenvalue weighted by Gasteiger charge is -2.32. The number of benzene rings is 1. The lowest BCUT2D eigenvalue weighted by Crippen LogP contribution is -2.44. The van der Waals surface area contributed by atoms with Crippen LogP contribution < -0.4 is 10.1 Å². The number of carbonyl (C=O) groups is 2. The van der Waals surface area contributed by atoms with E-state index in [2.05, 4.69) is 5.32 Å². The van der Waals surface area contributed by atoms with Gasteiger partial charge in [-0.2, -0.15) is 0 Å². The quantitative estimate of drug-likeness (QED) is 0.869. The third-order valence-electron chi connectivity index (χ3n) is 4.54. The van der Waals surface area contributed by atoms with Crippen molar-refractivity contribution in [2.45, 2.75) is 33.1 Å². The SMILES string of the molecule is COc1ccc(CCNC(=O)C2CCN(C(=O)C(C)C)CC2)cc1. The molecule has 1 N–H and O–H groups in total.